The SMILES string of the molecule is C=CCC(O)CCC(=O)O. The molecule has 3 heteroatoms. The number of hydrogen-bond donors (Lipinski definition) is 2. The van der Waals surface area contributed by atoms with E-state index in [4.69, 9.17) is 10.2 Å². The van der Waals surface area contributed by atoms with Crippen molar-refractivity contribution in [2.24, 2.45) is 0 Å². The predicted octanol–water partition coefficient (Wildman–Crippen LogP) is 0.788. The molecular formula is C7H12O3. The Morgan fingerprint density at radius 3 is 2.70 bits per heavy atom. The van der Waals surface area contributed by atoms with Crippen LogP contribution in [-0.2, 0) is 4.79 Å². The fourth-order valence-electron chi connectivity index (χ4n) is 0.600. The average molecular weight is 144 g/mol. The number of carbonyl (C=O) groups is 1. The van der Waals surface area contributed by atoms with Crippen molar-refractivity contribution in [3.05, 3.63) is 12.7 Å². The van der Waals surface area contributed by atoms with Crippen molar-refractivity contribution in [1.29, 1.82) is 0 Å². The first-order valence-corrected chi connectivity index (χ1v) is 3.17. The number of carboxylic acid groups (broad SMARTS) is 1. The molecule has 0 amide bonds. The molecule has 0 aromatic heterocycles. The van der Waals surface area contributed by atoms with Crippen molar-refractivity contribution in [3.8, 4) is 0 Å². The lowest BCUT2D eigenvalue weighted by Crippen LogP contribution is -2.07. The number of aliphatic carboxylic acids is 1. The maximum absolute atomic E-state index is 9.97. The molecule has 0 aliphatic carbocycles. The van der Waals surface area contributed by atoms with E-state index in [1.54, 1.807) is 6.08 Å². The van der Waals surface area contributed by atoms with Crippen LogP contribution in [0.1, 0.15) is 19.3 Å². The first-order valence-electron chi connectivity index (χ1n) is 3.17. The third-order valence-corrected chi connectivity index (χ3v) is 1.13. The number of hydrogen-bond acceptors (Lipinski definition) is 2. The normalized spacial score (nSPS) is 12.5. The summed E-state index contributed by atoms with van der Waals surface area (Å²) in [4.78, 5) is 9.97. The third-order valence-electron chi connectivity index (χ3n) is 1.13. The van der Waals surface area contributed by atoms with E-state index in [1.165, 1.54) is 0 Å². The fourth-order valence-corrected chi connectivity index (χ4v) is 0.600. The van der Waals surface area contributed by atoms with Crippen molar-refractivity contribution in [2.75, 3.05) is 0 Å². The van der Waals surface area contributed by atoms with Gasteiger partial charge in [0.15, 0.2) is 0 Å². The molecule has 0 heterocycles. The van der Waals surface area contributed by atoms with E-state index < -0.39 is 12.1 Å². The van der Waals surface area contributed by atoms with Gasteiger partial charge in [-0.1, -0.05) is 6.08 Å². The van der Waals surface area contributed by atoms with E-state index in [9.17, 15) is 4.79 Å². The van der Waals surface area contributed by atoms with Crippen LogP contribution < -0.4 is 0 Å². The van der Waals surface area contributed by atoms with Crippen LogP contribution in [0.25, 0.3) is 0 Å². The minimum absolute atomic E-state index is 0.0228. The number of aliphatic hydroxyl groups is 1. The molecule has 0 radical (unpaired) electrons. The summed E-state index contributed by atoms with van der Waals surface area (Å²) in [5, 5.41) is 17.2. The third kappa shape index (κ3) is 5.31. The van der Waals surface area contributed by atoms with Gasteiger partial charge in [-0.05, 0) is 12.8 Å². The Morgan fingerprint density at radius 2 is 2.30 bits per heavy atom. The highest BCUT2D eigenvalue weighted by atomic mass is 16.4. The van der Waals surface area contributed by atoms with E-state index in [1.807, 2.05) is 0 Å². The first kappa shape index (κ1) is 9.17. The molecule has 0 saturated carbocycles. The zero-order valence-corrected chi connectivity index (χ0v) is 5.79. The van der Waals surface area contributed by atoms with E-state index in [2.05, 4.69) is 6.58 Å². The summed E-state index contributed by atoms with van der Waals surface area (Å²) in [7, 11) is 0. The van der Waals surface area contributed by atoms with E-state index in [0.717, 1.165) is 0 Å². The van der Waals surface area contributed by atoms with Gasteiger partial charge < -0.3 is 10.2 Å². The molecule has 10 heavy (non-hydrogen) atoms. The maximum atomic E-state index is 9.97. The smallest absolute Gasteiger partial charge is 0.303 e. The molecule has 0 saturated heterocycles. The maximum Gasteiger partial charge on any atom is 0.303 e. The Bertz CT molecular complexity index is 120. The molecule has 0 aliphatic heterocycles. The lowest BCUT2D eigenvalue weighted by atomic mass is 10.1. The largest absolute Gasteiger partial charge is 0.481 e. The summed E-state index contributed by atoms with van der Waals surface area (Å²) < 4.78 is 0. The van der Waals surface area contributed by atoms with E-state index >= 15 is 0 Å². The van der Waals surface area contributed by atoms with Crippen LogP contribution in [0.3, 0.4) is 0 Å². The summed E-state index contributed by atoms with van der Waals surface area (Å²) in [6.07, 6.45) is 1.82. The number of aliphatic hydroxyl groups excluding tert-OH is 1. The molecule has 1 atom stereocenters. The second-order valence-corrected chi connectivity index (χ2v) is 2.11. The van der Waals surface area contributed by atoms with Gasteiger partial charge in [-0.15, -0.1) is 6.58 Å². The van der Waals surface area contributed by atoms with Crippen LogP contribution in [0.4, 0.5) is 0 Å². The Kier molecular flexibility index (Phi) is 4.58. The predicted molar refractivity (Wildman–Crippen MR) is 37.7 cm³/mol. The van der Waals surface area contributed by atoms with Gasteiger partial charge in [0, 0.05) is 6.42 Å². The highest BCUT2D eigenvalue weighted by Crippen LogP contribution is 2.01. The zero-order chi connectivity index (χ0) is 7.98. The lowest BCUT2D eigenvalue weighted by molar-refractivity contribution is -0.137. The monoisotopic (exact) mass is 144 g/mol. The van der Waals surface area contributed by atoms with Gasteiger partial charge in [0.2, 0.25) is 0 Å². The summed E-state index contributed by atoms with van der Waals surface area (Å²) in [5.74, 6) is -0.872. The fraction of sp³-hybridized carbons (Fsp3) is 0.571. The van der Waals surface area contributed by atoms with Gasteiger partial charge in [0.25, 0.3) is 0 Å². The highest BCUT2D eigenvalue weighted by molar-refractivity contribution is 5.66. The first-order chi connectivity index (χ1) is 4.66. The van der Waals surface area contributed by atoms with Gasteiger partial charge in [-0.3, -0.25) is 4.79 Å². The second-order valence-electron chi connectivity index (χ2n) is 2.11. The summed E-state index contributed by atoms with van der Waals surface area (Å²) in [6.45, 7) is 3.42. The lowest BCUT2D eigenvalue weighted by Gasteiger charge is -2.03. The molecule has 3 nitrogen and oxygen atoms in total. The topological polar surface area (TPSA) is 57.5 Å². The van der Waals surface area contributed by atoms with Gasteiger partial charge in [0.1, 0.15) is 0 Å². The van der Waals surface area contributed by atoms with Crippen LogP contribution in [0.5, 0.6) is 0 Å². The summed E-state index contributed by atoms with van der Waals surface area (Å²) in [5.41, 5.74) is 0. The minimum atomic E-state index is -0.872. The summed E-state index contributed by atoms with van der Waals surface area (Å²) in [6, 6.07) is 0. The molecule has 0 aromatic carbocycles. The second kappa shape index (κ2) is 4.99. The van der Waals surface area contributed by atoms with Crippen LogP contribution in [0, 0.1) is 0 Å². The molecular weight excluding hydrogens is 132 g/mol. The van der Waals surface area contributed by atoms with Gasteiger partial charge >= 0.3 is 5.97 Å². The van der Waals surface area contributed by atoms with Crippen molar-refractivity contribution in [2.45, 2.75) is 25.4 Å². The number of carboxylic acids is 1. The Balaban J connectivity index is 3.29. The molecule has 0 fully saturated rings. The average Bonchev–Trinajstić information content (AvgIpc) is 1.85. The van der Waals surface area contributed by atoms with Crippen molar-refractivity contribution in [1.82, 2.24) is 0 Å². The van der Waals surface area contributed by atoms with Crippen molar-refractivity contribution < 1.29 is 15.0 Å². The van der Waals surface area contributed by atoms with Gasteiger partial charge in [-0.2, -0.15) is 0 Å². The van der Waals surface area contributed by atoms with Crippen LogP contribution in [-0.4, -0.2) is 22.3 Å². The zero-order valence-electron chi connectivity index (χ0n) is 5.79. The molecule has 0 aliphatic rings. The highest BCUT2D eigenvalue weighted by Gasteiger charge is 2.03. The molecule has 0 rings (SSSR count). The molecule has 0 spiro atoms. The Morgan fingerprint density at radius 1 is 1.70 bits per heavy atom. The molecule has 0 aromatic rings. The number of rotatable bonds is 5. The van der Waals surface area contributed by atoms with Gasteiger partial charge in [0.05, 0.1) is 6.10 Å². The molecule has 1 unspecified atom stereocenters. The minimum Gasteiger partial charge on any atom is -0.481 e. The standard InChI is InChI=1S/C7H12O3/c1-2-3-6(8)4-5-7(9)10/h2,6,8H,1,3-5H2,(H,9,10). The van der Waals surface area contributed by atoms with E-state index in [-0.39, 0.29) is 6.42 Å². The van der Waals surface area contributed by atoms with Crippen LogP contribution >= 0.6 is 0 Å². The molecule has 2 N–H and O–H groups in total. The Labute approximate surface area is 60.0 Å². The Hall–Kier alpha value is -0.830. The molecule has 58 valence electrons. The van der Waals surface area contributed by atoms with Gasteiger partial charge in [-0.25, -0.2) is 0 Å². The quantitative estimate of drug-likeness (QED) is 0.561. The van der Waals surface area contributed by atoms with E-state index in [0.29, 0.717) is 12.8 Å². The van der Waals surface area contributed by atoms with Crippen LogP contribution in [0.15, 0.2) is 12.7 Å². The van der Waals surface area contributed by atoms with Crippen LogP contribution in [0.2, 0.25) is 0 Å². The van der Waals surface area contributed by atoms with Crippen molar-refractivity contribution >= 4 is 5.97 Å². The molecule has 0 bridgehead atoms. The van der Waals surface area contributed by atoms with Crippen molar-refractivity contribution in [3.63, 3.8) is 0 Å². The summed E-state index contributed by atoms with van der Waals surface area (Å²) >= 11 is 0.